The van der Waals surface area contributed by atoms with Crippen molar-refractivity contribution in [3.63, 3.8) is 0 Å². The standard InChI is InChI=1S/C32H40N8O3/c1-21-17-24(3-8-28(21)43-27-6-4-26(42-2)5-7-27)39-29-30(33)35-20-36-31(29)40(32(39)41)23-11-15-37(16-12-23)22-9-13-38(14-10-22)25-18-34-19-25/h3-8,17,20,22-23,25,34H,9-16,18-19H2,1-2H3,(H2,33,35,36). The third-order valence-corrected chi connectivity index (χ3v) is 9.54. The lowest BCUT2D eigenvalue weighted by Crippen LogP contribution is -2.60. The van der Waals surface area contributed by atoms with E-state index in [0.29, 0.717) is 40.2 Å². The predicted molar refractivity (Wildman–Crippen MR) is 166 cm³/mol. The van der Waals surface area contributed by atoms with Crippen LogP contribution in [0.3, 0.4) is 0 Å². The van der Waals surface area contributed by atoms with Gasteiger partial charge in [0.1, 0.15) is 29.1 Å². The molecule has 0 radical (unpaired) electrons. The van der Waals surface area contributed by atoms with Crippen molar-refractivity contribution in [3.8, 4) is 22.9 Å². The first-order valence-corrected chi connectivity index (χ1v) is 15.4. The van der Waals surface area contributed by atoms with Crippen molar-refractivity contribution < 1.29 is 9.47 Å². The molecule has 0 saturated carbocycles. The van der Waals surface area contributed by atoms with Gasteiger partial charge in [-0.2, -0.15) is 0 Å². The van der Waals surface area contributed by atoms with Crippen molar-refractivity contribution in [2.75, 3.05) is 52.1 Å². The van der Waals surface area contributed by atoms with Crippen LogP contribution in [-0.2, 0) is 0 Å². The molecule has 4 aromatic rings. The summed E-state index contributed by atoms with van der Waals surface area (Å²) in [5, 5.41) is 3.40. The average molecular weight is 585 g/mol. The number of anilines is 1. The topological polar surface area (TPSA) is 116 Å². The summed E-state index contributed by atoms with van der Waals surface area (Å²) in [5.74, 6) is 2.47. The Morgan fingerprint density at radius 3 is 2.14 bits per heavy atom. The van der Waals surface area contributed by atoms with Crippen molar-refractivity contribution in [2.24, 2.45) is 0 Å². The highest BCUT2D eigenvalue weighted by atomic mass is 16.5. The van der Waals surface area contributed by atoms with Gasteiger partial charge >= 0.3 is 5.69 Å². The van der Waals surface area contributed by atoms with E-state index in [2.05, 4.69) is 25.1 Å². The predicted octanol–water partition coefficient (Wildman–Crippen LogP) is 3.35. The summed E-state index contributed by atoms with van der Waals surface area (Å²) in [6, 6.07) is 14.6. The smallest absolute Gasteiger partial charge is 0.335 e. The van der Waals surface area contributed by atoms with Crippen LogP contribution < -0.4 is 26.2 Å². The van der Waals surface area contributed by atoms with E-state index in [-0.39, 0.29) is 11.7 Å². The van der Waals surface area contributed by atoms with Crippen LogP contribution in [0.25, 0.3) is 16.9 Å². The van der Waals surface area contributed by atoms with Crippen molar-refractivity contribution in [2.45, 2.75) is 50.7 Å². The first kappa shape index (κ1) is 27.9. The molecule has 43 heavy (non-hydrogen) atoms. The van der Waals surface area contributed by atoms with Crippen LogP contribution in [0.5, 0.6) is 17.2 Å². The Balaban J connectivity index is 1.11. The largest absolute Gasteiger partial charge is 0.497 e. The molecule has 5 heterocycles. The summed E-state index contributed by atoms with van der Waals surface area (Å²) < 4.78 is 14.9. The van der Waals surface area contributed by atoms with Crippen LogP contribution in [-0.4, -0.2) is 87.4 Å². The van der Waals surface area contributed by atoms with Gasteiger partial charge in [0.15, 0.2) is 11.5 Å². The highest BCUT2D eigenvalue weighted by molar-refractivity contribution is 5.84. The Kier molecular flexibility index (Phi) is 7.54. The summed E-state index contributed by atoms with van der Waals surface area (Å²) in [6.45, 7) is 8.57. The van der Waals surface area contributed by atoms with E-state index < -0.39 is 0 Å². The number of likely N-dealkylation sites (tertiary alicyclic amines) is 2. The van der Waals surface area contributed by atoms with Crippen molar-refractivity contribution in [1.29, 1.82) is 0 Å². The molecule has 3 aliphatic heterocycles. The van der Waals surface area contributed by atoms with Crippen molar-refractivity contribution in [1.82, 2.24) is 34.2 Å². The third kappa shape index (κ3) is 5.26. The highest BCUT2D eigenvalue weighted by Gasteiger charge is 2.34. The zero-order valence-corrected chi connectivity index (χ0v) is 24.9. The second-order valence-corrected chi connectivity index (χ2v) is 12.0. The Morgan fingerprint density at radius 1 is 0.860 bits per heavy atom. The number of ether oxygens (including phenoxy) is 2. The number of methoxy groups -OCH3 is 1. The minimum atomic E-state index is -0.133. The van der Waals surface area contributed by atoms with Crippen LogP contribution in [0.2, 0.25) is 0 Å². The molecule has 3 N–H and O–H groups in total. The van der Waals surface area contributed by atoms with E-state index in [9.17, 15) is 4.79 Å². The van der Waals surface area contributed by atoms with Gasteiger partial charge in [-0.05, 0) is 80.6 Å². The summed E-state index contributed by atoms with van der Waals surface area (Å²) in [7, 11) is 1.64. The van der Waals surface area contributed by atoms with Gasteiger partial charge in [0.2, 0.25) is 0 Å². The zero-order valence-electron chi connectivity index (χ0n) is 24.9. The fourth-order valence-corrected chi connectivity index (χ4v) is 6.95. The molecule has 0 unspecified atom stereocenters. The van der Waals surface area contributed by atoms with E-state index in [1.165, 1.54) is 32.3 Å². The summed E-state index contributed by atoms with van der Waals surface area (Å²) in [5.41, 5.74) is 9.00. The molecule has 0 aliphatic carbocycles. The molecule has 0 bridgehead atoms. The molecule has 0 atom stereocenters. The lowest BCUT2D eigenvalue weighted by atomic mass is 9.96. The number of nitrogens with two attached hydrogens (primary N) is 1. The Labute approximate surface area is 251 Å². The molecule has 2 aromatic heterocycles. The van der Waals surface area contributed by atoms with Gasteiger partial charge in [-0.15, -0.1) is 0 Å². The minimum absolute atomic E-state index is 0.0571. The van der Waals surface area contributed by atoms with E-state index in [1.54, 1.807) is 11.7 Å². The number of hydrogen-bond donors (Lipinski definition) is 2. The van der Waals surface area contributed by atoms with Gasteiger partial charge in [0.05, 0.1) is 12.8 Å². The Hall–Kier alpha value is -3.93. The number of hydrogen-bond acceptors (Lipinski definition) is 9. The maximum atomic E-state index is 14.1. The van der Waals surface area contributed by atoms with Crippen molar-refractivity contribution >= 4 is 17.0 Å². The monoisotopic (exact) mass is 584 g/mol. The molecule has 3 aliphatic rings. The lowest BCUT2D eigenvalue weighted by Gasteiger charge is -2.46. The van der Waals surface area contributed by atoms with Gasteiger partial charge in [-0.1, -0.05) is 0 Å². The molecule has 7 rings (SSSR count). The van der Waals surface area contributed by atoms with E-state index in [1.807, 2.05) is 54.0 Å². The average Bonchev–Trinajstić information content (AvgIpc) is 3.31. The summed E-state index contributed by atoms with van der Waals surface area (Å²) in [4.78, 5) is 28.3. The summed E-state index contributed by atoms with van der Waals surface area (Å²) >= 11 is 0. The number of nitrogens with zero attached hydrogens (tertiary/aromatic N) is 6. The Morgan fingerprint density at radius 2 is 1.51 bits per heavy atom. The number of benzene rings is 2. The molecule has 11 heteroatoms. The van der Waals surface area contributed by atoms with Gasteiger partial charge in [0, 0.05) is 57.4 Å². The van der Waals surface area contributed by atoms with Crippen LogP contribution in [0.4, 0.5) is 5.82 Å². The Bertz CT molecular complexity index is 1650. The van der Waals surface area contributed by atoms with Gasteiger partial charge in [-0.25, -0.2) is 14.8 Å². The number of nitrogens with one attached hydrogen (secondary N) is 1. The molecule has 3 fully saturated rings. The summed E-state index contributed by atoms with van der Waals surface area (Å²) in [6.07, 6.45) is 5.71. The molecular formula is C32H40N8O3. The SMILES string of the molecule is COc1ccc(Oc2ccc(-n3c(=O)n(C4CCN(C5CCN(C6CNC6)CC5)CC4)c4ncnc(N)c43)cc2C)cc1. The van der Waals surface area contributed by atoms with Crippen molar-refractivity contribution in [3.05, 3.63) is 64.8 Å². The van der Waals surface area contributed by atoms with Gasteiger partial charge in [-0.3, -0.25) is 14.0 Å². The van der Waals surface area contributed by atoms with E-state index >= 15 is 0 Å². The second-order valence-electron chi connectivity index (χ2n) is 12.0. The van der Waals surface area contributed by atoms with E-state index in [0.717, 1.165) is 56.4 Å². The molecule has 11 nitrogen and oxygen atoms in total. The molecule has 2 aromatic carbocycles. The third-order valence-electron chi connectivity index (χ3n) is 9.54. The number of aryl methyl sites for hydroxylation is 1. The first-order valence-electron chi connectivity index (χ1n) is 15.4. The first-order chi connectivity index (χ1) is 21.0. The number of rotatable bonds is 7. The molecular weight excluding hydrogens is 544 g/mol. The molecule has 0 amide bonds. The zero-order chi connectivity index (χ0) is 29.5. The number of nitrogen functional groups attached to an aromatic ring is 1. The number of piperidine rings is 2. The fourth-order valence-electron chi connectivity index (χ4n) is 6.95. The number of imidazole rings is 1. The van der Waals surface area contributed by atoms with Gasteiger partial charge < -0.3 is 25.4 Å². The fraction of sp³-hybridized carbons (Fsp3) is 0.469. The second kappa shape index (κ2) is 11.6. The van der Waals surface area contributed by atoms with Crippen LogP contribution >= 0.6 is 0 Å². The van der Waals surface area contributed by atoms with Crippen LogP contribution in [0.15, 0.2) is 53.6 Å². The maximum absolute atomic E-state index is 14.1. The number of fused-ring (bicyclic) bond motifs is 1. The molecule has 3 saturated heterocycles. The lowest BCUT2D eigenvalue weighted by molar-refractivity contribution is 0.0502. The van der Waals surface area contributed by atoms with Gasteiger partial charge in [0.25, 0.3) is 0 Å². The minimum Gasteiger partial charge on any atom is -0.497 e. The highest BCUT2D eigenvalue weighted by Crippen LogP contribution is 2.32. The maximum Gasteiger partial charge on any atom is 0.335 e. The quantitative estimate of drug-likeness (QED) is 0.337. The van der Waals surface area contributed by atoms with Crippen LogP contribution in [0.1, 0.15) is 37.3 Å². The molecule has 226 valence electrons. The van der Waals surface area contributed by atoms with Crippen LogP contribution in [0, 0.1) is 6.92 Å². The molecule has 0 spiro atoms. The number of aromatic nitrogens is 4. The normalized spacial score (nSPS) is 19.5. The van der Waals surface area contributed by atoms with E-state index in [4.69, 9.17) is 15.2 Å².